The molecule has 180 valence electrons. The molecule has 36 heavy (non-hydrogen) atoms. The number of aromatic nitrogens is 2. The smallest absolute Gasteiger partial charge is 0.448 e. The topological polar surface area (TPSA) is 95.2 Å². The summed E-state index contributed by atoms with van der Waals surface area (Å²) < 4.78 is 29.9. The van der Waals surface area contributed by atoms with E-state index in [9.17, 15) is 13.2 Å². The first kappa shape index (κ1) is 28.0. The second kappa shape index (κ2) is 12.6. The predicted octanol–water partition coefficient (Wildman–Crippen LogP) is 2.77. The van der Waals surface area contributed by atoms with Crippen molar-refractivity contribution in [2.24, 2.45) is 0 Å². The van der Waals surface area contributed by atoms with Crippen LogP contribution in [0.25, 0.3) is 21.7 Å². The molecule has 1 heterocycles. The van der Waals surface area contributed by atoms with Gasteiger partial charge >= 0.3 is 29.6 Å². The third kappa shape index (κ3) is 6.99. The summed E-state index contributed by atoms with van der Waals surface area (Å²) in [6, 6.07) is 22.7. The molecule has 0 aliphatic carbocycles. The van der Waals surface area contributed by atoms with E-state index in [4.69, 9.17) is 16.6 Å². The number of imidazole rings is 1. The van der Waals surface area contributed by atoms with Gasteiger partial charge in [-0.1, -0.05) is 67.1 Å². The van der Waals surface area contributed by atoms with E-state index in [1.165, 1.54) is 18.2 Å². The number of aryl methyl sites for hydroxylation is 1. The summed E-state index contributed by atoms with van der Waals surface area (Å²) in [4.78, 5) is 16.7. The number of carbonyl (C=O) groups is 1. The van der Waals surface area contributed by atoms with Crippen LogP contribution in [0.1, 0.15) is 18.3 Å². The predicted molar refractivity (Wildman–Crippen MR) is 137 cm³/mol. The molecule has 0 atom stereocenters. The van der Waals surface area contributed by atoms with Crippen molar-refractivity contribution in [3.63, 3.8) is 0 Å². The third-order valence-electron chi connectivity index (χ3n) is 5.37. The van der Waals surface area contributed by atoms with E-state index >= 15 is 0 Å². The van der Waals surface area contributed by atoms with Gasteiger partial charge in [-0.3, -0.25) is 4.79 Å². The third-order valence-corrected chi connectivity index (χ3v) is 6.86. The number of amides is 2. The molecule has 10 heteroatoms. The summed E-state index contributed by atoms with van der Waals surface area (Å²) >= 11 is 5.82. The number of hydrogen-bond acceptors (Lipinski definition) is 4. The first-order valence-corrected chi connectivity index (χ1v) is 12.9. The number of halogens is 1. The van der Waals surface area contributed by atoms with Crippen LogP contribution < -0.4 is 34.9 Å². The quantitative estimate of drug-likeness (QED) is 0.354. The van der Waals surface area contributed by atoms with Crippen LogP contribution in [0, 0.1) is 0 Å². The Bertz CT molecular complexity index is 1430. The molecule has 7 nitrogen and oxygen atoms in total. The van der Waals surface area contributed by atoms with E-state index in [0.717, 1.165) is 34.8 Å². The molecule has 0 radical (unpaired) electrons. The van der Waals surface area contributed by atoms with Gasteiger partial charge in [0.25, 0.3) is 0 Å². The molecule has 4 rings (SSSR count). The number of carbonyl (C=O) groups excluding carboxylic acids is 1. The molecule has 0 saturated carbocycles. The number of benzene rings is 3. The van der Waals surface area contributed by atoms with Crippen LogP contribution >= 0.6 is 11.6 Å². The van der Waals surface area contributed by atoms with Crippen LogP contribution in [-0.2, 0) is 22.9 Å². The monoisotopic (exact) mass is 530 g/mol. The van der Waals surface area contributed by atoms with E-state index < -0.39 is 16.1 Å². The van der Waals surface area contributed by atoms with Crippen LogP contribution in [0.5, 0.6) is 0 Å². The van der Waals surface area contributed by atoms with Gasteiger partial charge < -0.3 is 14.6 Å². The maximum absolute atomic E-state index is 12.3. The summed E-state index contributed by atoms with van der Waals surface area (Å²) in [7, 11) is -4.12. The number of hydrogen-bond donors (Lipinski definition) is 1. The number of sulfonamides is 1. The minimum Gasteiger partial charge on any atom is -0.448 e. The standard InChI is InChI=1S/C26H25ClN4O3S.Na/c1-2-25-29-24(20-7-4-3-5-8-20)18-31(25)22-13-11-19(12-14-22)15-16-28-26(32)30-35(33,34)23-10-6-9-21(27)17-23;/h3-14,17-18H,2,15-16H2,1H3,(H2,28,30,32);/q;+1/p-1. The molecule has 0 bridgehead atoms. The van der Waals surface area contributed by atoms with Crippen molar-refractivity contribution in [3.05, 3.63) is 106 Å². The van der Waals surface area contributed by atoms with Crippen LogP contribution in [0.3, 0.4) is 0 Å². The van der Waals surface area contributed by atoms with E-state index in [1.54, 1.807) is 6.07 Å². The number of nitrogens with zero attached hydrogens (tertiary/aromatic N) is 3. The zero-order chi connectivity index (χ0) is 24.8. The van der Waals surface area contributed by atoms with Crippen molar-refractivity contribution >= 4 is 27.7 Å². The zero-order valence-corrected chi connectivity index (χ0v) is 23.6. The van der Waals surface area contributed by atoms with E-state index in [-0.39, 0.29) is 46.0 Å². The summed E-state index contributed by atoms with van der Waals surface area (Å²) in [5.74, 6) is 0.964. The van der Waals surface area contributed by atoms with E-state index in [2.05, 4.69) is 21.5 Å². The Hall–Kier alpha value is -2.62. The van der Waals surface area contributed by atoms with Crippen molar-refractivity contribution in [2.75, 3.05) is 6.54 Å². The van der Waals surface area contributed by atoms with Gasteiger partial charge in [-0.2, -0.15) is 0 Å². The fourth-order valence-corrected chi connectivity index (χ4v) is 4.77. The van der Waals surface area contributed by atoms with Gasteiger partial charge in [0, 0.05) is 28.9 Å². The molecule has 0 aliphatic rings. The van der Waals surface area contributed by atoms with Crippen molar-refractivity contribution < 1.29 is 42.8 Å². The largest absolute Gasteiger partial charge is 1.00 e. The van der Waals surface area contributed by atoms with Crippen molar-refractivity contribution in [1.82, 2.24) is 14.9 Å². The van der Waals surface area contributed by atoms with Gasteiger partial charge in [0.15, 0.2) is 6.03 Å². The van der Waals surface area contributed by atoms with Gasteiger partial charge in [-0.15, -0.1) is 0 Å². The first-order valence-electron chi connectivity index (χ1n) is 11.1. The molecule has 0 aliphatic heterocycles. The van der Waals surface area contributed by atoms with Gasteiger partial charge in [0.2, 0.25) is 10.0 Å². The van der Waals surface area contributed by atoms with Crippen LogP contribution in [-0.4, -0.2) is 30.5 Å². The molecule has 0 unspecified atom stereocenters. The van der Waals surface area contributed by atoms with Crippen molar-refractivity contribution in [3.8, 4) is 16.9 Å². The van der Waals surface area contributed by atoms with Crippen LogP contribution in [0.2, 0.25) is 5.02 Å². The van der Waals surface area contributed by atoms with Crippen molar-refractivity contribution in [2.45, 2.75) is 24.7 Å². The normalized spacial score (nSPS) is 10.9. The molecule has 3 aromatic carbocycles. The molecule has 1 aromatic heterocycles. The summed E-state index contributed by atoms with van der Waals surface area (Å²) in [6.45, 7) is 2.32. The summed E-state index contributed by atoms with van der Waals surface area (Å²) in [5.41, 5.74) is 3.97. The minimum atomic E-state index is -4.12. The van der Waals surface area contributed by atoms with Crippen LogP contribution in [0.4, 0.5) is 4.79 Å². The molecule has 2 amide bonds. The average molecular weight is 531 g/mol. The number of rotatable bonds is 8. The maximum Gasteiger partial charge on any atom is 1.00 e. The molecule has 0 fully saturated rings. The van der Waals surface area contributed by atoms with Crippen LogP contribution in [0.15, 0.2) is 90.0 Å². The van der Waals surface area contributed by atoms with Gasteiger partial charge in [-0.25, -0.2) is 13.4 Å². The Kier molecular flexibility index (Phi) is 9.76. The fraction of sp³-hybridized carbons (Fsp3) is 0.154. The SMILES string of the molecule is CCc1nc(-c2ccccc2)cn1-c1ccc(CCNC(=O)[N-]S(=O)(=O)c2cccc(Cl)c2)cc1.[Na+]. The Balaban J connectivity index is 0.00000361. The van der Waals surface area contributed by atoms with Gasteiger partial charge in [-0.05, 0) is 48.9 Å². The van der Waals surface area contributed by atoms with E-state index in [1.807, 2.05) is 60.8 Å². The van der Waals surface area contributed by atoms with Crippen molar-refractivity contribution in [1.29, 1.82) is 0 Å². The Morgan fingerprint density at radius 1 is 1.03 bits per heavy atom. The maximum atomic E-state index is 12.3. The molecule has 0 saturated heterocycles. The average Bonchev–Trinajstić information content (AvgIpc) is 3.29. The fourth-order valence-electron chi connectivity index (χ4n) is 3.60. The minimum absolute atomic E-state index is 0. The summed E-state index contributed by atoms with van der Waals surface area (Å²) in [6.07, 6.45) is 3.35. The second-order valence-corrected chi connectivity index (χ2v) is 9.84. The first-order chi connectivity index (χ1) is 16.9. The molecular formula is C26H24ClN4NaO3S. The molecule has 0 spiro atoms. The Labute approximate surface area is 238 Å². The molecular weight excluding hydrogens is 507 g/mol. The molecule has 1 N–H and O–H groups in total. The number of nitrogens with one attached hydrogen (secondary N) is 1. The summed E-state index contributed by atoms with van der Waals surface area (Å²) in [5, 5.41) is 2.78. The van der Waals surface area contributed by atoms with E-state index in [0.29, 0.717) is 6.42 Å². The second-order valence-electron chi connectivity index (χ2n) is 7.80. The molecule has 4 aromatic rings. The zero-order valence-electron chi connectivity index (χ0n) is 20.1. The Morgan fingerprint density at radius 2 is 1.75 bits per heavy atom. The van der Waals surface area contributed by atoms with Gasteiger partial charge in [0.05, 0.1) is 10.6 Å². The number of urea groups is 1. The Morgan fingerprint density at radius 3 is 2.42 bits per heavy atom. The van der Waals surface area contributed by atoms with Gasteiger partial charge in [0.1, 0.15) is 5.82 Å².